The normalized spacial score (nSPS) is 10.4. The maximum atomic E-state index is 11.5. The van der Waals surface area contributed by atoms with Crippen LogP contribution in [-0.2, 0) is 11.3 Å². The number of hydrogen-bond donors (Lipinski definition) is 2. The van der Waals surface area contributed by atoms with Crippen LogP contribution in [-0.4, -0.2) is 25.6 Å². The summed E-state index contributed by atoms with van der Waals surface area (Å²) in [7, 11) is 1.63. The first kappa shape index (κ1) is 13.5. The van der Waals surface area contributed by atoms with Gasteiger partial charge in [0.15, 0.2) is 0 Å². The van der Waals surface area contributed by atoms with Crippen molar-refractivity contribution in [2.75, 3.05) is 13.7 Å². The largest absolute Gasteiger partial charge is 0.497 e. The predicted octanol–water partition coefficient (Wildman–Crippen LogP) is 1.31. The maximum absolute atomic E-state index is 11.5. The molecule has 0 saturated heterocycles. The molecule has 0 bridgehead atoms. The van der Waals surface area contributed by atoms with Crippen LogP contribution in [0.25, 0.3) is 0 Å². The van der Waals surface area contributed by atoms with Gasteiger partial charge >= 0.3 is 0 Å². The molecule has 0 radical (unpaired) electrons. The van der Waals surface area contributed by atoms with Gasteiger partial charge < -0.3 is 15.4 Å². The molecule has 1 amide bonds. The molecule has 17 heavy (non-hydrogen) atoms. The summed E-state index contributed by atoms with van der Waals surface area (Å²) in [5, 5.41) is 5.92. The van der Waals surface area contributed by atoms with Gasteiger partial charge in [-0.2, -0.15) is 0 Å². The molecule has 2 N–H and O–H groups in total. The Kier molecular flexibility index (Phi) is 5.49. The van der Waals surface area contributed by atoms with Crippen molar-refractivity contribution < 1.29 is 9.53 Å². The minimum atomic E-state index is 0.00141. The number of amides is 1. The summed E-state index contributed by atoms with van der Waals surface area (Å²) in [4.78, 5) is 11.5. The van der Waals surface area contributed by atoms with Crippen LogP contribution < -0.4 is 15.4 Å². The van der Waals surface area contributed by atoms with E-state index in [-0.39, 0.29) is 5.91 Å². The van der Waals surface area contributed by atoms with E-state index in [0.29, 0.717) is 19.1 Å². The van der Waals surface area contributed by atoms with Crippen molar-refractivity contribution in [3.05, 3.63) is 29.8 Å². The Bertz CT molecular complexity index is 364. The third kappa shape index (κ3) is 5.36. The summed E-state index contributed by atoms with van der Waals surface area (Å²) < 4.78 is 5.12. The lowest BCUT2D eigenvalue weighted by molar-refractivity contribution is -0.120. The van der Waals surface area contributed by atoms with Crippen LogP contribution >= 0.6 is 0 Å². The Morgan fingerprint density at radius 2 is 2.18 bits per heavy atom. The van der Waals surface area contributed by atoms with Gasteiger partial charge in [0.05, 0.1) is 13.7 Å². The molecule has 0 saturated carbocycles. The summed E-state index contributed by atoms with van der Waals surface area (Å²) in [6, 6.07) is 7.98. The lowest BCUT2D eigenvalue weighted by Gasteiger charge is -2.09. The third-order valence-corrected chi connectivity index (χ3v) is 2.29. The average molecular weight is 236 g/mol. The van der Waals surface area contributed by atoms with Gasteiger partial charge in [-0.3, -0.25) is 4.79 Å². The van der Waals surface area contributed by atoms with E-state index in [9.17, 15) is 4.79 Å². The number of methoxy groups -OCH3 is 1. The number of ether oxygens (including phenoxy) is 1. The van der Waals surface area contributed by atoms with Crippen molar-refractivity contribution in [3.8, 4) is 5.75 Å². The number of carbonyl (C=O) groups is 1. The molecule has 94 valence electrons. The predicted molar refractivity (Wildman–Crippen MR) is 68.0 cm³/mol. The topological polar surface area (TPSA) is 50.4 Å². The smallest absolute Gasteiger partial charge is 0.234 e. The fraction of sp³-hybridized carbons (Fsp3) is 0.462. The molecule has 1 aromatic carbocycles. The number of benzene rings is 1. The highest BCUT2D eigenvalue weighted by Crippen LogP contribution is 2.11. The monoisotopic (exact) mass is 236 g/mol. The SMILES string of the molecule is COc1cccc(CNC(=O)CNC(C)C)c1. The average Bonchev–Trinajstić information content (AvgIpc) is 2.34. The molecule has 0 heterocycles. The molecule has 0 fully saturated rings. The Morgan fingerprint density at radius 3 is 2.82 bits per heavy atom. The molecular formula is C13H20N2O2. The van der Waals surface area contributed by atoms with Crippen LogP contribution in [0, 0.1) is 0 Å². The zero-order valence-electron chi connectivity index (χ0n) is 10.6. The molecule has 0 spiro atoms. The number of nitrogens with one attached hydrogen (secondary N) is 2. The first-order valence-electron chi connectivity index (χ1n) is 5.75. The summed E-state index contributed by atoms with van der Waals surface area (Å²) in [5.74, 6) is 0.804. The van der Waals surface area contributed by atoms with Crippen molar-refractivity contribution in [1.82, 2.24) is 10.6 Å². The third-order valence-electron chi connectivity index (χ3n) is 2.29. The van der Waals surface area contributed by atoms with Gasteiger partial charge in [0.2, 0.25) is 5.91 Å². The van der Waals surface area contributed by atoms with E-state index in [1.165, 1.54) is 0 Å². The number of rotatable bonds is 6. The van der Waals surface area contributed by atoms with E-state index < -0.39 is 0 Å². The van der Waals surface area contributed by atoms with Crippen molar-refractivity contribution in [2.24, 2.45) is 0 Å². The summed E-state index contributed by atoms with van der Waals surface area (Å²) in [6.07, 6.45) is 0. The Hall–Kier alpha value is -1.55. The highest BCUT2D eigenvalue weighted by molar-refractivity contribution is 5.78. The van der Waals surface area contributed by atoms with Crippen LogP contribution in [0.15, 0.2) is 24.3 Å². The van der Waals surface area contributed by atoms with E-state index in [1.54, 1.807) is 7.11 Å². The van der Waals surface area contributed by atoms with Crippen LogP contribution in [0.1, 0.15) is 19.4 Å². The second-order valence-electron chi connectivity index (χ2n) is 4.16. The first-order chi connectivity index (χ1) is 8.11. The zero-order chi connectivity index (χ0) is 12.7. The van der Waals surface area contributed by atoms with Crippen LogP contribution in [0.2, 0.25) is 0 Å². The molecule has 0 aliphatic carbocycles. The summed E-state index contributed by atoms with van der Waals surface area (Å²) >= 11 is 0. The minimum absolute atomic E-state index is 0.00141. The molecule has 0 aromatic heterocycles. The van der Waals surface area contributed by atoms with Crippen LogP contribution in [0.3, 0.4) is 0 Å². The highest BCUT2D eigenvalue weighted by Gasteiger charge is 2.02. The lowest BCUT2D eigenvalue weighted by Crippen LogP contribution is -2.36. The molecule has 0 aliphatic rings. The van der Waals surface area contributed by atoms with Crippen molar-refractivity contribution in [3.63, 3.8) is 0 Å². The molecular weight excluding hydrogens is 216 g/mol. The molecule has 0 aliphatic heterocycles. The minimum Gasteiger partial charge on any atom is -0.497 e. The van der Waals surface area contributed by atoms with E-state index in [1.807, 2.05) is 38.1 Å². The number of hydrogen-bond acceptors (Lipinski definition) is 3. The second-order valence-corrected chi connectivity index (χ2v) is 4.16. The standard InChI is InChI=1S/C13H20N2O2/c1-10(2)14-9-13(16)15-8-11-5-4-6-12(7-11)17-3/h4-7,10,14H,8-9H2,1-3H3,(H,15,16). The fourth-order valence-corrected chi connectivity index (χ4v) is 1.34. The molecule has 1 rings (SSSR count). The van der Waals surface area contributed by atoms with Gasteiger partial charge in [0, 0.05) is 12.6 Å². The summed E-state index contributed by atoms with van der Waals surface area (Å²) in [5.41, 5.74) is 1.03. The Balaban J connectivity index is 2.36. The van der Waals surface area contributed by atoms with Gasteiger partial charge in [-0.15, -0.1) is 0 Å². The zero-order valence-corrected chi connectivity index (χ0v) is 10.6. The second kappa shape index (κ2) is 6.91. The van der Waals surface area contributed by atoms with Crippen LogP contribution in [0.4, 0.5) is 0 Å². The molecule has 4 heteroatoms. The first-order valence-corrected chi connectivity index (χ1v) is 5.75. The van der Waals surface area contributed by atoms with Gasteiger partial charge in [-0.25, -0.2) is 0 Å². The number of carbonyl (C=O) groups excluding carboxylic acids is 1. The van der Waals surface area contributed by atoms with E-state index in [0.717, 1.165) is 11.3 Å². The highest BCUT2D eigenvalue weighted by atomic mass is 16.5. The maximum Gasteiger partial charge on any atom is 0.234 e. The van der Waals surface area contributed by atoms with E-state index in [2.05, 4.69) is 10.6 Å². The lowest BCUT2D eigenvalue weighted by atomic mass is 10.2. The van der Waals surface area contributed by atoms with E-state index >= 15 is 0 Å². The molecule has 1 aromatic rings. The fourth-order valence-electron chi connectivity index (χ4n) is 1.34. The van der Waals surface area contributed by atoms with Crippen molar-refractivity contribution in [2.45, 2.75) is 26.4 Å². The van der Waals surface area contributed by atoms with Crippen molar-refractivity contribution in [1.29, 1.82) is 0 Å². The quantitative estimate of drug-likeness (QED) is 0.783. The van der Waals surface area contributed by atoms with Gasteiger partial charge in [0.1, 0.15) is 5.75 Å². The van der Waals surface area contributed by atoms with Gasteiger partial charge in [0.25, 0.3) is 0 Å². The van der Waals surface area contributed by atoms with E-state index in [4.69, 9.17) is 4.74 Å². The van der Waals surface area contributed by atoms with Crippen molar-refractivity contribution >= 4 is 5.91 Å². The molecule has 4 nitrogen and oxygen atoms in total. The molecule has 0 atom stereocenters. The summed E-state index contributed by atoms with van der Waals surface area (Å²) in [6.45, 7) is 4.89. The molecule has 0 unspecified atom stereocenters. The van der Waals surface area contributed by atoms with Gasteiger partial charge in [-0.05, 0) is 17.7 Å². The Labute approximate surface area is 102 Å². The van der Waals surface area contributed by atoms with Gasteiger partial charge in [-0.1, -0.05) is 26.0 Å². The Morgan fingerprint density at radius 1 is 1.41 bits per heavy atom. The van der Waals surface area contributed by atoms with Crippen LogP contribution in [0.5, 0.6) is 5.75 Å².